The molecular formula is C13H19ClO2. The van der Waals surface area contributed by atoms with Gasteiger partial charge < -0.3 is 9.47 Å². The predicted molar refractivity (Wildman–Crippen MR) is 67.3 cm³/mol. The average molecular weight is 243 g/mol. The first kappa shape index (κ1) is 13.3. The van der Waals surface area contributed by atoms with Crippen LogP contribution in [0.2, 0.25) is 0 Å². The van der Waals surface area contributed by atoms with Gasteiger partial charge in [-0.2, -0.15) is 0 Å². The molecule has 0 aliphatic rings. The maximum Gasteiger partial charge on any atom is 0.123 e. The van der Waals surface area contributed by atoms with Gasteiger partial charge in [-0.25, -0.2) is 0 Å². The van der Waals surface area contributed by atoms with E-state index in [0.29, 0.717) is 12.5 Å². The van der Waals surface area contributed by atoms with Crippen LogP contribution in [-0.2, 0) is 10.6 Å². The van der Waals surface area contributed by atoms with Crippen molar-refractivity contribution in [3.8, 4) is 5.75 Å². The molecule has 0 saturated heterocycles. The number of aryl methyl sites for hydroxylation is 1. The van der Waals surface area contributed by atoms with Crippen LogP contribution in [0.1, 0.15) is 24.5 Å². The predicted octanol–water partition coefficient (Wildman–Crippen LogP) is 3.54. The van der Waals surface area contributed by atoms with Crippen molar-refractivity contribution in [1.82, 2.24) is 0 Å². The van der Waals surface area contributed by atoms with E-state index in [1.807, 2.05) is 19.1 Å². The van der Waals surface area contributed by atoms with Gasteiger partial charge in [-0.15, -0.1) is 11.6 Å². The Kier molecular flexibility index (Phi) is 6.27. The lowest BCUT2D eigenvalue weighted by molar-refractivity contribution is 0.130. The fraction of sp³-hybridized carbons (Fsp3) is 0.538. The van der Waals surface area contributed by atoms with Gasteiger partial charge in [-0.3, -0.25) is 0 Å². The van der Waals surface area contributed by atoms with Crippen molar-refractivity contribution in [2.75, 3.05) is 19.8 Å². The summed E-state index contributed by atoms with van der Waals surface area (Å²) in [6.45, 7) is 6.23. The molecule has 1 aromatic carbocycles. The highest BCUT2D eigenvalue weighted by atomic mass is 35.5. The Labute approximate surface area is 103 Å². The molecule has 0 aliphatic carbocycles. The normalized spacial score (nSPS) is 10.4. The molecule has 0 aromatic heterocycles. The second-order valence-electron chi connectivity index (χ2n) is 3.64. The number of halogens is 1. The summed E-state index contributed by atoms with van der Waals surface area (Å²) in [6.07, 6.45) is 0.906. The Morgan fingerprint density at radius 1 is 1.25 bits per heavy atom. The number of hydrogen-bond donors (Lipinski definition) is 0. The minimum Gasteiger partial charge on any atom is -0.493 e. The number of benzene rings is 1. The minimum atomic E-state index is 0.489. The van der Waals surface area contributed by atoms with Crippen molar-refractivity contribution < 1.29 is 9.47 Å². The second kappa shape index (κ2) is 7.53. The van der Waals surface area contributed by atoms with Crippen LogP contribution in [0.4, 0.5) is 0 Å². The van der Waals surface area contributed by atoms with Crippen LogP contribution in [0.25, 0.3) is 0 Å². The molecule has 0 aliphatic heterocycles. The van der Waals surface area contributed by atoms with Gasteiger partial charge >= 0.3 is 0 Å². The largest absolute Gasteiger partial charge is 0.493 e. The Bertz CT molecular complexity index is 313. The number of ether oxygens (including phenoxy) is 2. The van der Waals surface area contributed by atoms with Gasteiger partial charge in [0.25, 0.3) is 0 Å². The molecule has 1 aromatic rings. The van der Waals surface area contributed by atoms with Crippen LogP contribution < -0.4 is 4.74 Å². The lowest BCUT2D eigenvalue weighted by Crippen LogP contribution is -2.04. The molecule has 0 amide bonds. The van der Waals surface area contributed by atoms with E-state index >= 15 is 0 Å². The minimum absolute atomic E-state index is 0.489. The average Bonchev–Trinajstić information content (AvgIpc) is 2.30. The standard InChI is InChI=1S/C13H19ClO2/c1-3-15-7-4-8-16-13-6-5-11(2)9-12(13)10-14/h5-6,9H,3-4,7-8,10H2,1-2H3. The van der Waals surface area contributed by atoms with Gasteiger partial charge in [0.05, 0.1) is 12.5 Å². The number of rotatable bonds is 7. The summed E-state index contributed by atoms with van der Waals surface area (Å²) >= 11 is 5.86. The zero-order chi connectivity index (χ0) is 11.8. The number of alkyl halides is 1. The van der Waals surface area contributed by atoms with Crippen molar-refractivity contribution in [1.29, 1.82) is 0 Å². The molecule has 90 valence electrons. The molecule has 1 rings (SSSR count). The van der Waals surface area contributed by atoms with Gasteiger partial charge in [0, 0.05) is 25.2 Å². The smallest absolute Gasteiger partial charge is 0.123 e. The third-order valence-corrected chi connectivity index (χ3v) is 2.54. The summed E-state index contributed by atoms with van der Waals surface area (Å²) in [4.78, 5) is 0. The highest BCUT2D eigenvalue weighted by Crippen LogP contribution is 2.21. The maximum absolute atomic E-state index is 5.86. The van der Waals surface area contributed by atoms with Gasteiger partial charge in [0.2, 0.25) is 0 Å². The van der Waals surface area contributed by atoms with E-state index in [4.69, 9.17) is 21.1 Å². The summed E-state index contributed by atoms with van der Waals surface area (Å²) in [6, 6.07) is 6.08. The molecule has 0 saturated carbocycles. The summed E-state index contributed by atoms with van der Waals surface area (Å²) in [5.74, 6) is 1.37. The molecule has 16 heavy (non-hydrogen) atoms. The van der Waals surface area contributed by atoms with Crippen LogP contribution in [0, 0.1) is 6.92 Å². The van der Waals surface area contributed by atoms with E-state index < -0.39 is 0 Å². The monoisotopic (exact) mass is 242 g/mol. The van der Waals surface area contributed by atoms with E-state index in [9.17, 15) is 0 Å². The lowest BCUT2D eigenvalue weighted by Gasteiger charge is -2.10. The molecular weight excluding hydrogens is 224 g/mol. The zero-order valence-electron chi connectivity index (χ0n) is 9.96. The molecule has 0 spiro atoms. The van der Waals surface area contributed by atoms with Crippen LogP contribution >= 0.6 is 11.6 Å². The van der Waals surface area contributed by atoms with Crippen molar-refractivity contribution >= 4 is 11.6 Å². The van der Waals surface area contributed by atoms with E-state index in [-0.39, 0.29) is 0 Å². The second-order valence-corrected chi connectivity index (χ2v) is 3.91. The first-order valence-electron chi connectivity index (χ1n) is 5.64. The van der Waals surface area contributed by atoms with Gasteiger partial charge in [0.15, 0.2) is 0 Å². The van der Waals surface area contributed by atoms with Crippen molar-refractivity contribution in [2.24, 2.45) is 0 Å². The lowest BCUT2D eigenvalue weighted by atomic mass is 10.1. The molecule has 0 heterocycles. The molecule has 3 heteroatoms. The summed E-state index contributed by atoms with van der Waals surface area (Å²) < 4.78 is 10.9. The zero-order valence-corrected chi connectivity index (χ0v) is 10.7. The fourth-order valence-electron chi connectivity index (χ4n) is 1.44. The molecule has 0 unspecified atom stereocenters. The third-order valence-electron chi connectivity index (χ3n) is 2.25. The van der Waals surface area contributed by atoms with Gasteiger partial charge in [0.1, 0.15) is 5.75 Å². The fourth-order valence-corrected chi connectivity index (χ4v) is 1.65. The van der Waals surface area contributed by atoms with Crippen LogP contribution in [0.5, 0.6) is 5.75 Å². The Hall–Kier alpha value is -0.730. The summed E-state index contributed by atoms with van der Waals surface area (Å²) in [7, 11) is 0. The first-order valence-corrected chi connectivity index (χ1v) is 6.17. The molecule has 2 nitrogen and oxygen atoms in total. The molecule has 0 radical (unpaired) electrons. The van der Waals surface area contributed by atoms with Crippen LogP contribution in [-0.4, -0.2) is 19.8 Å². The Morgan fingerprint density at radius 3 is 2.75 bits per heavy atom. The summed E-state index contributed by atoms with van der Waals surface area (Å²) in [5.41, 5.74) is 2.26. The van der Waals surface area contributed by atoms with Crippen LogP contribution in [0.15, 0.2) is 18.2 Å². The highest BCUT2D eigenvalue weighted by molar-refractivity contribution is 6.17. The highest BCUT2D eigenvalue weighted by Gasteiger charge is 2.02. The molecule has 0 atom stereocenters. The topological polar surface area (TPSA) is 18.5 Å². The third kappa shape index (κ3) is 4.42. The Balaban J connectivity index is 2.41. The van der Waals surface area contributed by atoms with Gasteiger partial charge in [-0.1, -0.05) is 17.7 Å². The van der Waals surface area contributed by atoms with E-state index in [1.54, 1.807) is 0 Å². The van der Waals surface area contributed by atoms with Crippen molar-refractivity contribution in [3.63, 3.8) is 0 Å². The van der Waals surface area contributed by atoms with E-state index in [1.165, 1.54) is 5.56 Å². The van der Waals surface area contributed by atoms with E-state index in [0.717, 1.165) is 30.9 Å². The first-order chi connectivity index (χ1) is 7.77. The quantitative estimate of drug-likeness (QED) is 0.538. The molecule has 0 bridgehead atoms. The van der Waals surface area contributed by atoms with E-state index in [2.05, 4.69) is 13.0 Å². The summed E-state index contributed by atoms with van der Waals surface area (Å²) in [5, 5.41) is 0. The van der Waals surface area contributed by atoms with Crippen molar-refractivity contribution in [3.05, 3.63) is 29.3 Å². The van der Waals surface area contributed by atoms with Crippen LogP contribution in [0.3, 0.4) is 0 Å². The molecule has 0 fully saturated rings. The molecule has 0 N–H and O–H groups in total. The van der Waals surface area contributed by atoms with Gasteiger partial charge in [-0.05, 0) is 19.9 Å². The number of hydrogen-bond acceptors (Lipinski definition) is 2. The van der Waals surface area contributed by atoms with Crippen molar-refractivity contribution in [2.45, 2.75) is 26.1 Å². The maximum atomic E-state index is 5.86. The Morgan fingerprint density at radius 2 is 2.06 bits per heavy atom. The SMILES string of the molecule is CCOCCCOc1ccc(C)cc1CCl.